The monoisotopic (exact) mass is 264 g/mol. The van der Waals surface area contributed by atoms with E-state index in [-0.39, 0.29) is 0 Å². The van der Waals surface area contributed by atoms with E-state index in [0.717, 1.165) is 15.7 Å². The fourth-order valence-electron chi connectivity index (χ4n) is 1.44. The van der Waals surface area contributed by atoms with Gasteiger partial charge in [0, 0.05) is 26.5 Å². The number of methoxy groups -OCH3 is 1. The Bertz CT molecular complexity index is 498. The Kier molecular flexibility index (Phi) is 3.99. The van der Waals surface area contributed by atoms with Crippen molar-refractivity contribution >= 4 is 22.2 Å². The molecule has 2 aromatic rings. The molecule has 0 aliphatic carbocycles. The molecule has 18 heavy (non-hydrogen) atoms. The number of aromatic nitrogens is 2. The number of nitrogens with one attached hydrogen (secondary N) is 1. The van der Waals surface area contributed by atoms with E-state index in [1.165, 1.54) is 0 Å². The molecule has 0 fully saturated rings. The average molecular weight is 264 g/mol. The van der Waals surface area contributed by atoms with Crippen LogP contribution in [-0.2, 0) is 6.54 Å². The quantitative estimate of drug-likeness (QED) is 0.897. The van der Waals surface area contributed by atoms with Crippen molar-refractivity contribution in [3.63, 3.8) is 0 Å². The summed E-state index contributed by atoms with van der Waals surface area (Å²) in [4.78, 5) is 11.5. The Hall–Kier alpha value is -1.82. The number of hydrogen-bond donors (Lipinski definition) is 1. The summed E-state index contributed by atoms with van der Waals surface area (Å²) in [5.74, 6) is 0.681. The van der Waals surface area contributed by atoms with Gasteiger partial charge in [0.1, 0.15) is 0 Å². The second-order valence-electron chi connectivity index (χ2n) is 3.92. The molecule has 0 atom stereocenters. The van der Waals surface area contributed by atoms with Gasteiger partial charge < -0.3 is 15.0 Å². The number of nitrogens with zero attached hydrogens (tertiary/aromatic N) is 3. The molecule has 2 heterocycles. The van der Waals surface area contributed by atoms with Crippen molar-refractivity contribution in [2.45, 2.75) is 6.54 Å². The lowest BCUT2D eigenvalue weighted by atomic mass is 10.4. The highest BCUT2D eigenvalue weighted by atomic mass is 32.1. The molecule has 0 aromatic carbocycles. The van der Waals surface area contributed by atoms with Crippen LogP contribution in [0, 0.1) is 0 Å². The molecular formula is C12H16N4OS. The van der Waals surface area contributed by atoms with Crippen LogP contribution in [0.4, 0.5) is 10.8 Å². The smallest absolute Gasteiger partial charge is 0.231 e. The standard InChI is InChI=1S/C12H16N4OS/c1-16(2)12-15-11(17-3)10(18-12)8-14-9-5-4-6-13-7-9/h4-7,14H,8H2,1-3H3. The molecule has 2 aromatic heterocycles. The van der Waals surface area contributed by atoms with Gasteiger partial charge in [-0.25, -0.2) is 0 Å². The second kappa shape index (κ2) is 5.68. The molecule has 0 aliphatic rings. The van der Waals surface area contributed by atoms with E-state index in [4.69, 9.17) is 4.74 Å². The molecule has 96 valence electrons. The van der Waals surface area contributed by atoms with Crippen LogP contribution in [-0.4, -0.2) is 31.2 Å². The predicted octanol–water partition coefficient (Wildman–Crippen LogP) is 2.22. The highest BCUT2D eigenvalue weighted by Crippen LogP contribution is 2.30. The van der Waals surface area contributed by atoms with Crippen molar-refractivity contribution in [1.82, 2.24) is 9.97 Å². The van der Waals surface area contributed by atoms with Gasteiger partial charge in [0.25, 0.3) is 0 Å². The Morgan fingerprint density at radius 1 is 1.44 bits per heavy atom. The molecule has 6 heteroatoms. The van der Waals surface area contributed by atoms with Crippen molar-refractivity contribution in [3.05, 3.63) is 29.4 Å². The maximum atomic E-state index is 5.28. The van der Waals surface area contributed by atoms with E-state index >= 15 is 0 Å². The van der Waals surface area contributed by atoms with Gasteiger partial charge >= 0.3 is 0 Å². The van der Waals surface area contributed by atoms with E-state index in [1.54, 1.807) is 30.8 Å². The zero-order valence-electron chi connectivity index (χ0n) is 10.7. The first-order chi connectivity index (χ1) is 8.70. The first-order valence-corrected chi connectivity index (χ1v) is 6.37. The Morgan fingerprint density at radius 2 is 2.28 bits per heavy atom. The van der Waals surface area contributed by atoms with Crippen molar-refractivity contribution in [1.29, 1.82) is 0 Å². The minimum absolute atomic E-state index is 0.681. The zero-order chi connectivity index (χ0) is 13.0. The third-order valence-electron chi connectivity index (χ3n) is 2.34. The molecule has 1 N–H and O–H groups in total. The molecule has 0 bridgehead atoms. The van der Waals surface area contributed by atoms with Gasteiger partial charge in [0.05, 0.1) is 24.2 Å². The molecule has 2 rings (SSSR count). The summed E-state index contributed by atoms with van der Waals surface area (Å²) in [5, 5.41) is 4.24. The molecule has 0 saturated heterocycles. The van der Waals surface area contributed by atoms with E-state index in [1.807, 2.05) is 31.1 Å². The van der Waals surface area contributed by atoms with E-state index < -0.39 is 0 Å². The van der Waals surface area contributed by atoms with Crippen LogP contribution < -0.4 is 15.0 Å². The van der Waals surface area contributed by atoms with Crippen molar-refractivity contribution < 1.29 is 4.74 Å². The average Bonchev–Trinajstić information content (AvgIpc) is 2.81. The predicted molar refractivity (Wildman–Crippen MR) is 74.6 cm³/mol. The molecule has 0 saturated carbocycles. The van der Waals surface area contributed by atoms with Crippen LogP contribution >= 0.6 is 11.3 Å². The lowest BCUT2D eigenvalue weighted by Gasteiger charge is -2.05. The highest BCUT2D eigenvalue weighted by Gasteiger charge is 2.12. The van der Waals surface area contributed by atoms with Crippen LogP contribution in [0.5, 0.6) is 5.88 Å². The first-order valence-electron chi connectivity index (χ1n) is 5.55. The van der Waals surface area contributed by atoms with Crippen LogP contribution in [0.2, 0.25) is 0 Å². The fourth-order valence-corrected chi connectivity index (χ4v) is 2.33. The number of anilines is 2. The Balaban J connectivity index is 2.09. The molecule has 0 spiro atoms. The summed E-state index contributed by atoms with van der Waals surface area (Å²) >= 11 is 1.62. The largest absolute Gasteiger partial charge is 0.480 e. The van der Waals surface area contributed by atoms with Crippen LogP contribution in [0.1, 0.15) is 4.88 Å². The van der Waals surface area contributed by atoms with E-state index in [0.29, 0.717) is 12.4 Å². The van der Waals surface area contributed by atoms with Gasteiger partial charge in [-0.15, -0.1) is 0 Å². The molecular weight excluding hydrogens is 248 g/mol. The summed E-state index contributed by atoms with van der Waals surface area (Å²) < 4.78 is 5.28. The normalized spacial score (nSPS) is 10.2. The van der Waals surface area contributed by atoms with Crippen molar-refractivity contribution in [3.8, 4) is 5.88 Å². The van der Waals surface area contributed by atoms with Crippen LogP contribution in [0.3, 0.4) is 0 Å². The van der Waals surface area contributed by atoms with Gasteiger partial charge in [-0.3, -0.25) is 4.98 Å². The number of hydrogen-bond acceptors (Lipinski definition) is 6. The third kappa shape index (κ3) is 2.89. The van der Waals surface area contributed by atoms with Crippen molar-refractivity contribution in [2.24, 2.45) is 0 Å². The Labute approximate surface area is 110 Å². The lowest BCUT2D eigenvalue weighted by molar-refractivity contribution is 0.397. The topological polar surface area (TPSA) is 50.3 Å². The molecule has 5 nitrogen and oxygen atoms in total. The third-order valence-corrected chi connectivity index (χ3v) is 3.55. The summed E-state index contributed by atoms with van der Waals surface area (Å²) in [5.41, 5.74) is 0.986. The minimum atomic E-state index is 0.681. The zero-order valence-corrected chi connectivity index (χ0v) is 11.5. The Morgan fingerprint density at radius 3 is 2.89 bits per heavy atom. The van der Waals surface area contributed by atoms with E-state index in [2.05, 4.69) is 15.3 Å². The molecule has 0 unspecified atom stereocenters. The lowest BCUT2D eigenvalue weighted by Crippen LogP contribution is -2.07. The molecule has 0 radical (unpaired) electrons. The SMILES string of the molecule is COc1nc(N(C)C)sc1CNc1cccnc1. The van der Waals surface area contributed by atoms with Gasteiger partial charge in [-0.1, -0.05) is 11.3 Å². The van der Waals surface area contributed by atoms with Gasteiger partial charge in [-0.2, -0.15) is 4.98 Å². The molecule has 0 aliphatic heterocycles. The summed E-state index contributed by atoms with van der Waals surface area (Å²) in [6.07, 6.45) is 3.54. The van der Waals surface area contributed by atoms with Crippen molar-refractivity contribution in [2.75, 3.05) is 31.4 Å². The van der Waals surface area contributed by atoms with Crippen LogP contribution in [0.25, 0.3) is 0 Å². The van der Waals surface area contributed by atoms with Gasteiger partial charge in [-0.05, 0) is 12.1 Å². The number of thiazole rings is 1. The summed E-state index contributed by atoms with van der Waals surface area (Å²) in [7, 11) is 5.58. The van der Waals surface area contributed by atoms with Crippen LogP contribution in [0.15, 0.2) is 24.5 Å². The minimum Gasteiger partial charge on any atom is -0.480 e. The van der Waals surface area contributed by atoms with Gasteiger partial charge in [0.15, 0.2) is 5.13 Å². The fraction of sp³-hybridized carbons (Fsp3) is 0.333. The summed E-state index contributed by atoms with van der Waals surface area (Å²) in [6.45, 7) is 0.681. The van der Waals surface area contributed by atoms with Gasteiger partial charge in [0.2, 0.25) is 5.88 Å². The maximum absolute atomic E-state index is 5.28. The highest BCUT2D eigenvalue weighted by molar-refractivity contribution is 7.15. The first kappa shape index (κ1) is 12.6. The summed E-state index contributed by atoms with van der Waals surface area (Å²) in [6, 6.07) is 3.88. The van der Waals surface area contributed by atoms with E-state index in [9.17, 15) is 0 Å². The number of ether oxygens (including phenoxy) is 1. The molecule has 0 amide bonds. The number of pyridine rings is 1. The second-order valence-corrected chi connectivity index (χ2v) is 4.98. The number of rotatable bonds is 5. The maximum Gasteiger partial charge on any atom is 0.231 e.